The van der Waals surface area contributed by atoms with Crippen LogP contribution in [0, 0.1) is 5.41 Å². The summed E-state index contributed by atoms with van der Waals surface area (Å²) in [6.45, 7) is 7.43. The zero-order chi connectivity index (χ0) is 19.1. The first kappa shape index (κ1) is 18.4. The van der Waals surface area contributed by atoms with E-state index in [1.807, 2.05) is 30.3 Å². The Hall–Kier alpha value is -2.37. The third-order valence-corrected chi connectivity index (χ3v) is 4.93. The van der Waals surface area contributed by atoms with Crippen LogP contribution in [0.3, 0.4) is 0 Å². The third kappa shape index (κ3) is 3.59. The van der Waals surface area contributed by atoms with Gasteiger partial charge in [0.05, 0.1) is 5.41 Å². The van der Waals surface area contributed by atoms with Crippen molar-refractivity contribution in [3.63, 3.8) is 0 Å². The van der Waals surface area contributed by atoms with E-state index in [4.69, 9.17) is 4.74 Å². The predicted octanol–water partition coefficient (Wildman–Crippen LogP) is 2.96. The number of imide groups is 1. The molecule has 26 heavy (non-hydrogen) atoms. The Morgan fingerprint density at radius 2 is 1.81 bits per heavy atom. The minimum absolute atomic E-state index is 0.0479. The molecule has 1 aliphatic heterocycles. The Balaban J connectivity index is 1.88. The molecule has 1 saturated carbocycles. The molecule has 0 N–H and O–H groups in total. The Labute approximate surface area is 154 Å². The number of carbonyl (C=O) groups excluding carboxylic acids is 3. The third-order valence-electron chi connectivity index (χ3n) is 4.93. The molecule has 2 fully saturated rings. The molecule has 2 aliphatic rings. The smallest absolute Gasteiger partial charge is 0.417 e. The van der Waals surface area contributed by atoms with Gasteiger partial charge in [0.25, 0.3) is 5.91 Å². The fourth-order valence-corrected chi connectivity index (χ4v) is 3.27. The lowest BCUT2D eigenvalue weighted by atomic mass is 10.0. The predicted molar refractivity (Wildman–Crippen MR) is 96.1 cm³/mol. The van der Waals surface area contributed by atoms with Crippen LogP contribution in [0.15, 0.2) is 30.3 Å². The molecule has 1 aromatic carbocycles. The highest BCUT2D eigenvalue weighted by Gasteiger charge is 2.58. The summed E-state index contributed by atoms with van der Waals surface area (Å²) in [7, 11) is 0. The van der Waals surface area contributed by atoms with Gasteiger partial charge in [0, 0.05) is 13.1 Å². The number of ether oxygens (including phenoxy) is 1. The molecular formula is C20H26N2O4. The van der Waals surface area contributed by atoms with Crippen LogP contribution in [-0.2, 0) is 20.9 Å². The Morgan fingerprint density at radius 1 is 1.19 bits per heavy atom. The van der Waals surface area contributed by atoms with Crippen molar-refractivity contribution in [3.8, 4) is 0 Å². The maximum atomic E-state index is 13.1. The lowest BCUT2D eigenvalue weighted by Gasteiger charge is -2.29. The van der Waals surface area contributed by atoms with Crippen molar-refractivity contribution >= 4 is 17.9 Å². The minimum Gasteiger partial charge on any atom is -0.443 e. The number of hydrogen-bond donors (Lipinski definition) is 0. The summed E-state index contributed by atoms with van der Waals surface area (Å²) in [5.74, 6) is -0.430. The molecule has 1 saturated heterocycles. The molecule has 140 valence electrons. The van der Waals surface area contributed by atoms with Gasteiger partial charge in [-0.1, -0.05) is 30.3 Å². The number of nitrogens with zero attached hydrogens (tertiary/aromatic N) is 2. The standard InChI is InChI=1S/C20H26N2O4/c1-14-16(23)22(18(25)26-19(2,3)4)13-20(10-11-20)17(24)21(14)12-15-8-6-5-7-9-15/h5-9,14H,10-13H2,1-4H3/t14-/m0/s1. The maximum Gasteiger partial charge on any atom is 0.417 e. The molecular weight excluding hydrogens is 332 g/mol. The summed E-state index contributed by atoms with van der Waals surface area (Å²) in [6.07, 6.45) is 0.710. The molecule has 1 atom stereocenters. The molecule has 1 aromatic rings. The first-order valence-electron chi connectivity index (χ1n) is 9.02. The molecule has 1 heterocycles. The monoisotopic (exact) mass is 358 g/mol. The van der Waals surface area contributed by atoms with E-state index in [2.05, 4.69) is 0 Å². The molecule has 6 heteroatoms. The average Bonchev–Trinajstić information content (AvgIpc) is 3.36. The Bertz CT molecular complexity index is 719. The largest absolute Gasteiger partial charge is 0.443 e. The van der Waals surface area contributed by atoms with Gasteiger partial charge in [-0.25, -0.2) is 9.69 Å². The quantitative estimate of drug-likeness (QED) is 0.815. The Kier molecular flexibility index (Phi) is 4.54. The van der Waals surface area contributed by atoms with E-state index < -0.39 is 23.2 Å². The molecule has 3 rings (SSSR count). The first-order valence-corrected chi connectivity index (χ1v) is 9.02. The lowest BCUT2D eigenvalue weighted by molar-refractivity contribution is -0.142. The van der Waals surface area contributed by atoms with Crippen LogP contribution < -0.4 is 0 Å². The second kappa shape index (κ2) is 6.41. The molecule has 0 radical (unpaired) electrons. The number of amides is 3. The van der Waals surface area contributed by atoms with Crippen LogP contribution in [0.1, 0.15) is 46.1 Å². The summed E-state index contributed by atoms with van der Waals surface area (Å²) in [5, 5.41) is 0. The van der Waals surface area contributed by atoms with E-state index in [-0.39, 0.29) is 18.4 Å². The summed E-state index contributed by atoms with van der Waals surface area (Å²) >= 11 is 0. The highest BCUT2D eigenvalue weighted by atomic mass is 16.6. The summed E-state index contributed by atoms with van der Waals surface area (Å²) < 4.78 is 5.40. The molecule has 0 unspecified atom stereocenters. The van der Waals surface area contributed by atoms with Crippen LogP contribution in [0.5, 0.6) is 0 Å². The van der Waals surface area contributed by atoms with Gasteiger partial charge in [-0.2, -0.15) is 0 Å². The van der Waals surface area contributed by atoms with E-state index in [0.29, 0.717) is 19.4 Å². The van der Waals surface area contributed by atoms with Crippen molar-refractivity contribution in [2.75, 3.05) is 6.54 Å². The zero-order valence-corrected chi connectivity index (χ0v) is 15.8. The van der Waals surface area contributed by atoms with Gasteiger partial charge in [-0.3, -0.25) is 9.59 Å². The molecule has 0 aromatic heterocycles. The SMILES string of the molecule is C[C@H]1C(=O)N(C(=O)OC(C)(C)C)CC2(CC2)C(=O)N1Cc1ccccc1. The fraction of sp³-hybridized carbons (Fsp3) is 0.550. The average molecular weight is 358 g/mol. The number of rotatable bonds is 2. The normalized spacial score (nSPS) is 22.4. The van der Waals surface area contributed by atoms with Gasteiger partial charge in [0.1, 0.15) is 11.6 Å². The second-order valence-corrected chi connectivity index (χ2v) is 8.28. The summed E-state index contributed by atoms with van der Waals surface area (Å²) in [4.78, 5) is 41.4. The van der Waals surface area contributed by atoms with Crippen LogP contribution in [0.2, 0.25) is 0 Å². The molecule has 0 bridgehead atoms. The molecule has 3 amide bonds. The van der Waals surface area contributed by atoms with Crippen molar-refractivity contribution in [3.05, 3.63) is 35.9 Å². The number of hydrogen-bond acceptors (Lipinski definition) is 4. The van der Waals surface area contributed by atoms with E-state index in [9.17, 15) is 14.4 Å². The van der Waals surface area contributed by atoms with Crippen molar-refractivity contribution in [1.29, 1.82) is 0 Å². The van der Waals surface area contributed by atoms with E-state index in [1.165, 1.54) is 0 Å². The van der Waals surface area contributed by atoms with Gasteiger partial charge in [0.2, 0.25) is 5.91 Å². The molecule has 1 spiro atoms. The van der Waals surface area contributed by atoms with Crippen LogP contribution in [0.4, 0.5) is 4.79 Å². The summed E-state index contributed by atoms with van der Waals surface area (Å²) in [5.41, 5.74) is -0.384. The van der Waals surface area contributed by atoms with E-state index in [1.54, 1.807) is 32.6 Å². The first-order chi connectivity index (χ1) is 12.1. The zero-order valence-electron chi connectivity index (χ0n) is 15.8. The van der Waals surface area contributed by atoms with Gasteiger partial charge in [-0.15, -0.1) is 0 Å². The topological polar surface area (TPSA) is 66.9 Å². The van der Waals surface area contributed by atoms with Crippen LogP contribution in [0.25, 0.3) is 0 Å². The van der Waals surface area contributed by atoms with Crippen molar-refractivity contribution < 1.29 is 19.1 Å². The van der Waals surface area contributed by atoms with Gasteiger partial charge < -0.3 is 9.64 Å². The number of benzene rings is 1. The minimum atomic E-state index is -0.713. The van der Waals surface area contributed by atoms with Gasteiger partial charge in [0.15, 0.2) is 0 Å². The highest BCUT2D eigenvalue weighted by molar-refractivity contribution is 6.00. The van der Waals surface area contributed by atoms with E-state index >= 15 is 0 Å². The summed E-state index contributed by atoms with van der Waals surface area (Å²) in [6, 6.07) is 8.87. The van der Waals surface area contributed by atoms with Gasteiger partial charge >= 0.3 is 6.09 Å². The molecule has 6 nitrogen and oxygen atoms in total. The number of carbonyl (C=O) groups is 3. The van der Waals surface area contributed by atoms with Crippen LogP contribution >= 0.6 is 0 Å². The van der Waals surface area contributed by atoms with Crippen molar-refractivity contribution in [2.24, 2.45) is 5.41 Å². The van der Waals surface area contributed by atoms with Gasteiger partial charge in [-0.05, 0) is 46.1 Å². The Morgan fingerprint density at radius 3 is 2.35 bits per heavy atom. The maximum absolute atomic E-state index is 13.1. The van der Waals surface area contributed by atoms with E-state index in [0.717, 1.165) is 10.5 Å². The van der Waals surface area contributed by atoms with Crippen LogP contribution in [-0.4, -0.2) is 45.9 Å². The fourth-order valence-electron chi connectivity index (χ4n) is 3.27. The van der Waals surface area contributed by atoms with Crippen molar-refractivity contribution in [2.45, 2.75) is 58.7 Å². The second-order valence-electron chi connectivity index (χ2n) is 8.28. The van der Waals surface area contributed by atoms with Crippen molar-refractivity contribution in [1.82, 2.24) is 9.80 Å². The highest BCUT2D eigenvalue weighted by Crippen LogP contribution is 2.50. The lowest BCUT2D eigenvalue weighted by Crippen LogP contribution is -2.48. The molecule has 1 aliphatic carbocycles.